The highest BCUT2D eigenvalue weighted by atomic mass is 32.2. The number of thioether (sulfide) groups is 1. The number of ether oxygens (including phenoxy) is 2. The van der Waals surface area contributed by atoms with E-state index in [2.05, 4.69) is 0 Å². The lowest BCUT2D eigenvalue weighted by Gasteiger charge is -2.15. The molecule has 0 bridgehead atoms. The number of rotatable bonds is 6. The van der Waals surface area contributed by atoms with Gasteiger partial charge in [0, 0.05) is 16.9 Å². The molecule has 1 heterocycles. The number of hydrogen-bond acceptors (Lipinski definition) is 6. The van der Waals surface area contributed by atoms with Gasteiger partial charge < -0.3 is 14.6 Å². The van der Waals surface area contributed by atoms with Crippen LogP contribution in [0.2, 0.25) is 0 Å². The molecule has 0 amide bonds. The van der Waals surface area contributed by atoms with Crippen LogP contribution in [0.5, 0.6) is 0 Å². The van der Waals surface area contributed by atoms with Gasteiger partial charge in [-0.05, 0) is 43.3 Å². The minimum absolute atomic E-state index is 0.135. The van der Waals surface area contributed by atoms with Gasteiger partial charge in [0.25, 0.3) is 0 Å². The topological polar surface area (TPSA) is 89.9 Å². The standard InChI is InChI=1S/C20H20O4S.C7H6O2/c1-14-18(24-20(22)16-10-6-3-7-11-16)12-17(25-14)13-23-19(21)15-8-4-2-5-9-15;8-7(9)6-4-2-1-3-5-6/h2-11,14,17-18H,12-13H2,1H3;1-5H,(H,8,9)/t14?,17-,18?;/m1./s1. The van der Waals surface area contributed by atoms with Crippen molar-refractivity contribution in [1.82, 2.24) is 0 Å². The summed E-state index contributed by atoms with van der Waals surface area (Å²) in [6.45, 7) is 2.36. The third kappa shape index (κ3) is 7.49. The summed E-state index contributed by atoms with van der Waals surface area (Å²) in [7, 11) is 0. The normalized spacial score (nSPS) is 18.8. The van der Waals surface area contributed by atoms with E-state index in [0.717, 1.165) is 0 Å². The zero-order chi connectivity index (χ0) is 24.3. The van der Waals surface area contributed by atoms with Crippen LogP contribution >= 0.6 is 11.8 Å². The van der Waals surface area contributed by atoms with E-state index in [0.29, 0.717) is 29.7 Å². The Morgan fingerprint density at radius 1 is 0.794 bits per heavy atom. The molecule has 3 aromatic rings. The van der Waals surface area contributed by atoms with E-state index in [1.807, 2.05) is 43.3 Å². The van der Waals surface area contributed by atoms with E-state index in [4.69, 9.17) is 14.6 Å². The van der Waals surface area contributed by atoms with Gasteiger partial charge in [-0.1, -0.05) is 54.6 Å². The van der Waals surface area contributed by atoms with E-state index < -0.39 is 5.97 Å². The molecule has 1 saturated heterocycles. The van der Waals surface area contributed by atoms with Crippen LogP contribution in [0.25, 0.3) is 0 Å². The first kappa shape index (κ1) is 25.1. The Balaban J connectivity index is 0.000000302. The summed E-state index contributed by atoms with van der Waals surface area (Å²) in [5, 5.41) is 8.69. The third-order valence-corrected chi connectivity index (χ3v) is 6.57. The van der Waals surface area contributed by atoms with Crippen molar-refractivity contribution < 1.29 is 29.0 Å². The molecular formula is C27H26O6S. The maximum Gasteiger partial charge on any atom is 0.338 e. The molecule has 0 aliphatic carbocycles. The van der Waals surface area contributed by atoms with Crippen molar-refractivity contribution in [2.24, 2.45) is 0 Å². The molecule has 7 heteroatoms. The minimum atomic E-state index is -0.879. The van der Waals surface area contributed by atoms with E-state index in [-0.39, 0.29) is 28.5 Å². The number of carbonyl (C=O) groups excluding carboxylic acids is 2. The van der Waals surface area contributed by atoms with Crippen LogP contribution < -0.4 is 0 Å². The molecule has 0 spiro atoms. The van der Waals surface area contributed by atoms with Gasteiger partial charge in [-0.2, -0.15) is 0 Å². The Morgan fingerprint density at radius 2 is 1.26 bits per heavy atom. The Kier molecular flexibility index (Phi) is 9.29. The summed E-state index contributed by atoms with van der Waals surface area (Å²) in [6, 6.07) is 26.2. The Labute approximate surface area is 202 Å². The van der Waals surface area contributed by atoms with Crippen molar-refractivity contribution >= 4 is 29.7 Å². The number of carboxylic acid groups (broad SMARTS) is 1. The lowest BCUT2D eigenvalue weighted by Crippen LogP contribution is -2.24. The summed E-state index contributed by atoms with van der Waals surface area (Å²) in [5.74, 6) is -1.51. The van der Waals surface area contributed by atoms with E-state index in [1.165, 1.54) is 0 Å². The molecule has 1 aliphatic rings. The third-order valence-electron chi connectivity index (χ3n) is 5.12. The first-order chi connectivity index (χ1) is 16.4. The highest BCUT2D eigenvalue weighted by molar-refractivity contribution is 8.00. The van der Waals surface area contributed by atoms with Crippen molar-refractivity contribution in [3.63, 3.8) is 0 Å². The van der Waals surface area contributed by atoms with Crippen LogP contribution in [0.1, 0.15) is 44.4 Å². The highest BCUT2D eigenvalue weighted by Gasteiger charge is 2.35. The fourth-order valence-electron chi connectivity index (χ4n) is 3.34. The first-order valence-electron chi connectivity index (χ1n) is 10.9. The fourth-order valence-corrected chi connectivity index (χ4v) is 4.73. The van der Waals surface area contributed by atoms with Crippen molar-refractivity contribution in [2.45, 2.75) is 29.9 Å². The maximum atomic E-state index is 12.2. The number of benzene rings is 3. The van der Waals surface area contributed by atoms with Crippen LogP contribution in [-0.4, -0.2) is 46.2 Å². The lowest BCUT2D eigenvalue weighted by molar-refractivity contribution is 0.0277. The summed E-state index contributed by atoms with van der Waals surface area (Å²) in [5.41, 5.74) is 1.43. The summed E-state index contributed by atoms with van der Waals surface area (Å²) < 4.78 is 11.0. The van der Waals surface area contributed by atoms with Crippen molar-refractivity contribution in [3.05, 3.63) is 108 Å². The molecule has 2 unspecified atom stereocenters. The number of esters is 2. The quantitative estimate of drug-likeness (QED) is 0.478. The summed E-state index contributed by atoms with van der Waals surface area (Å²) in [6.07, 6.45) is 0.519. The van der Waals surface area contributed by atoms with Crippen LogP contribution in [0, 0.1) is 0 Å². The fraction of sp³-hybridized carbons (Fsp3) is 0.222. The van der Waals surface area contributed by atoms with Crippen molar-refractivity contribution in [1.29, 1.82) is 0 Å². The molecule has 0 saturated carbocycles. The SMILES string of the molecule is CC1S[C@@H](COC(=O)c2ccccc2)CC1OC(=O)c1ccccc1.O=C(O)c1ccccc1. The second kappa shape index (κ2) is 12.6. The van der Waals surface area contributed by atoms with Gasteiger partial charge in [-0.3, -0.25) is 0 Å². The average molecular weight is 479 g/mol. The Morgan fingerprint density at radius 3 is 1.74 bits per heavy atom. The Bertz CT molecular complexity index is 1070. The molecule has 1 fully saturated rings. The summed E-state index contributed by atoms with van der Waals surface area (Å²) in [4.78, 5) is 34.4. The smallest absolute Gasteiger partial charge is 0.338 e. The molecule has 0 radical (unpaired) electrons. The second-order valence-corrected chi connectivity index (χ2v) is 9.33. The molecule has 6 nitrogen and oxygen atoms in total. The van der Waals surface area contributed by atoms with Gasteiger partial charge in [0.2, 0.25) is 0 Å². The van der Waals surface area contributed by atoms with Crippen molar-refractivity contribution in [2.75, 3.05) is 6.61 Å². The van der Waals surface area contributed by atoms with Gasteiger partial charge in [0.15, 0.2) is 0 Å². The molecule has 1 N–H and O–H groups in total. The first-order valence-corrected chi connectivity index (χ1v) is 11.8. The predicted octanol–water partition coefficient (Wildman–Crippen LogP) is 5.35. The molecular weight excluding hydrogens is 452 g/mol. The average Bonchev–Trinajstić information content (AvgIpc) is 3.23. The number of carboxylic acids is 1. The van der Waals surface area contributed by atoms with Gasteiger partial charge in [-0.25, -0.2) is 14.4 Å². The van der Waals surface area contributed by atoms with E-state index >= 15 is 0 Å². The Hall–Kier alpha value is -3.58. The summed E-state index contributed by atoms with van der Waals surface area (Å²) >= 11 is 1.69. The molecule has 4 rings (SSSR count). The van der Waals surface area contributed by atoms with Crippen LogP contribution in [0.3, 0.4) is 0 Å². The monoisotopic (exact) mass is 478 g/mol. The zero-order valence-electron chi connectivity index (χ0n) is 18.7. The molecule has 0 aromatic heterocycles. The maximum absolute atomic E-state index is 12.2. The molecule has 3 aromatic carbocycles. The van der Waals surface area contributed by atoms with Crippen LogP contribution in [0.15, 0.2) is 91.0 Å². The number of aromatic carboxylic acids is 1. The highest BCUT2D eigenvalue weighted by Crippen LogP contribution is 2.36. The van der Waals surface area contributed by atoms with Crippen LogP contribution in [0.4, 0.5) is 0 Å². The van der Waals surface area contributed by atoms with Gasteiger partial charge in [0.05, 0.1) is 16.7 Å². The minimum Gasteiger partial charge on any atom is -0.478 e. The second-order valence-electron chi connectivity index (χ2n) is 7.64. The van der Waals surface area contributed by atoms with Gasteiger partial charge in [-0.15, -0.1) is 11.8 Å². The molecule has 34 heavy (non-hydrogen) atoms. The van der Waals surface area contributed by atoms with Gasteiger partial charge in [0.1, 0.15) is 12.7 Å². The number of hydrogen-bond donors (Lipinski definition) is 1. The van der Waals surface area contributed by atoms with E-state index in [9.17, 15) is 14.4 Å². The lowest BCUT2D eigenvalue weighted by atomic mass is 10.1. The van der Waals surface area contributed by atoms with Crippen molar-refractivity contribution in [3.8, 4) is 0 Å². The number of carbonyl (C=O) groups is 3. The molecule has 176 valence electrons. The van der Waals surface area contributed by atoms with E-state index in [1.54, 1.807) is 66.4 Å². The largest absolute Gasteiger partial charge is 0.478 e. The molecule has 1 aliphatic heterocycles. The molecule has 3 atom stereocenters. The predicted molar refractivity (Wildman–Crippen MR) is 131 cm³/mol. The zero-order valence-corrected chi connectivity index (χ0v) is 19.5. The van der Waals surface area contributed by atoms with Gasteiger partial charge >= 0.3 is 17.9 Å². The van der Waals surface area contributed by atoms with Crippen LogP contribution in [-0.2, 0) is 9.47 Å².